The van der Waals surface area contributed by atoms with Gasteiger partial charge in [0, 0.05) is 0 Å². The van der Waals surface area contributed by atoms with E-state index >= 15 is 0 Å². The Kier molecular flexibility index (Phi) is 13.7. The third kappa shape index (κ3) is 7.80. The minimum absolute atomic E-state index is 0. The summed E-state index contributed by atoms with van der Waals surface area (Å²) >= 11 is 1.36. The molecule has 8 aromatic carbocycles. The molecule has 8 aromatic rings. The Morgan fingerprint density at radius 2 is 0.740 bits per heavy atom. The van der Waals surface area contributed by atoms with Crippen molar-refractivity contribution in [2.75, 3.05) is 0 Å². The summed E-state index contributed by atoms with van der Waals surface area (Å²) in [6.07, 6.45) is 5.44. The van der Waals surface area contributed by atoms with Gasteiger partial charge in [-0.25, -0.2) is 0 Å². The summed E-state index contributed by atoms with van der Waals surface area (Å²) in [5.41, 5.74) is 8.47. The second-order valence-electron chi connectivity index (χ2n) is 12.8. The van der Waals surface area contributed by atoms with Gasteiger partial charge in [-0.05, 0) is 70.2 Å². The summed E-state index contributed by atoms with van der Waals surface area (Å²) in [6.45, 7) is 3.06. The number of hydrogen-bond acceptors (Lipinski definition) is 0. The van der Waals surface area contributed by atoms with Crippen LogP contribution < -0.4 is 0 Å². The van der Waals surface area contributed by atoms with E-state index in [1.54, 1.807) is 0 Å². The topological polar surface area (TPSA) is 0 Å². The molecule has 4 heteroatoms. The van der Waals surface area contributed by atoms with Crippen LogP contribution in [0.25, 0.3) is 65.3 Å². The largest absolute Gasteiger partial charge is 0.164 e. The molecule has 0 aliphatic heterocycles. The van der Waals surface area contributed by atoms with Crippen LogP contribution in [-0.2, 0) is 23.3 Å². The van der Waals surface area contributed by atoms with Gasteiger partial charge in [-0.2, -0.15) is 12.1 Å². The Hall–Kier alpha value is -3.26. The molecule has 50 heavy (non-hydrogen) atoms. The van der Waals surface area contributed by atoms with E-state index < -0.39 is 0 Å². The molecule has 0 saturated heterocycles. The predicted molar refractivity (Wildman–Crippen MR) is 222 cm³/mol. The zero-order valence-electron chi connectivity index (χ0n) is 28.7. The fraction of sp³-hybridized carbons (Fsp3) is 0.130. The molecule has 252 valence electrons. The average Bonchev–Trinajstić information content (AvgIpc) is 4.06. The number of hydrogen-bond donors (Lipinski definition) is 0. The van der Waals surface area contributed by atoms with Crippen LogP contribution >= 0.6 is 24.8 Å². The van der Waals surface area contributed by atoms with Crippen LogP contribution in [0.15, 0.2) is 146 Å². The number of benzene rings is 6. The van der Waals surface area contributed by atoms with Crippen molar-refractivity contribution in [3.05, 3.63) is 172 Å². The summed E-state index contributed by atoms with van der Waals surface area (Å²) in [4.78, 5) is 0. The fourth-order valence-electron chi connectivity index (χ4n) is 7.21. The molecule has 0 aromatic heterocycles. The predicted octanol–water partition coefficient (Wildman–Crippen LogP) is 13.9. The quantitative estimate of drug-likeness (QED) is 0.123. The molecule has 2 aliphatic rings. The molecule has 10 rings (SSSR count). The van der Waals surface area contributed by atoms with E-state index in [2.05, 4.69) is 152 Å². The first-order valence-corrected chi connectivity index (χ1v) is 20.6. The van der Waals surface area contributed by atoms with Crippen LogP contribution in [0.3, 0.4) is 0 Å². The maximum Gasteiger partial charge on any atom is -0.0114 e. The molecule has 2 aliphatic carbocycles. The van der Waals surface area contributed by atoms with Crippen molar-refractivity contribution in [2.45, 2.75) is 37.5 Å². The second-order valence-corrected chi connectivity index (χ2v) is 12.8. The minimum atomic E-state index is 0. The number of fused-ring (bicyclic) bond motifs is 4. The smallest absolute Gasteiger partial charge is 0.0114 e. The molecule has 0 heterocycles. The van der Waals surface area contributed by atoms with Gasteiger partial charge in [-0.3, -0.25) is 0 Å². The molecular formula is C46H42Cl2SiZr-4. The van der Waals surface area contributed by atoms with Crippen molar-refractivity contribution < 1.29 is 23.3 Å². The van der Waals surface area contributed by atoms with Crippen LogP contribution in [0.2, 0.25) is 0 Å². The van der Waals surface area contributed by atoms with Crippen molar-refractivity contribution in [1.29, 1.82) is 0 Å². The van der Waals surface area contributed by atoms with Gasteiger partial charge in [0.25, 0.3) is 0 Å². The van der Waals surface area contributed by atoms with Gasteiger partial charge in [-0.15, -0.1) is 93.9 Å². The Morgan fingerprint density at radius 1 is 0.420 bits per heavy atom. The Balaban J connectivity index is 0.000000199. The van der Waals surface area contributed by atoms with Gasteiger partial charge in [0.2, 0.25) is 0 Å². The zero-order chi connectivity index (χ0) is 31.0. The molecule has 0 unspecified atom stereocenters. The van der Waals surface area contributed by atoms with Gasteiger partial charge in [0.15, 0.2) is 0 Å². The molecule has 0 amide bonds. The maximum absolute atomic E-state index is 3.06. The van der Waals surface area contributed by atoms with Crippen LogP contribution in [0.5, 0.6) is 0 Å². The monoisotopic (exact) mass is 782 g/mol. The Bertz CT molecular complexity index is 2160. The molecule has 2 saturated carbocycles. The molecule has 0 spiro atoms. The van der Waals surface area contributed by atoms with Crippen LogP contribution in [-0.4, -0.2) is 6.88 Å². The Labute approximate surface area is 327 Å². The summed E-state index contributed by atoms with van der Waals surface area (Å²) in [6, 6.07) is 53.6. The number of halogens is 2. The SMILES string of the molecule is Cl.Cl.[CH3-].[CH3-].[Si]=[Zr].c1ccc2c(-c3cccc4[cH-]c(C5CC5)cc34)cccc2c1.c1ccc2c(-c3cccc4[cH-]c(C5CC5)cc34)cccc2c1. The van der Waals surface area contributed by atoms with Crippen molar-refractivity contribution in [3.63, 3.8) is 0 Å². The molecule has 0 nitrogen and oxygen atoms in total. The van der Waals surface area contributed by atoms with E-state index in [1.165, 1.54) is 125 Å². The zero-order valence-corrected chi connectivity index (χ0v) is 33.7. The van der Waals surface area contributed by atoms with E-state index in [0.29, 0.717) is 0 Å². The Morgan fingerprint density at radius 3 is 1.12 bits per heavy atom. The fourth-order valence-corrected chi connectivity index (χ4v) is 7.21. The van der Waals surface area contributed by atoms with Crippen LogP contribution in [0.4, 0.5) is 0 Å². The van der Waals surface area contributed by atoms with Crippen molar-refractivity contribution in [3.8, 4) is 22.3 Å². The minimum Gasteiger partial charge on any atom is -0.164 e. The standard InChI is InChI=1S/2C22H17.2CH3.2ClH.Si.Zr/c2*1-2-8-19-16(5-1)6-3-9-20(19)21-10-4-7-17-13-18(14-22(17)21)15-11-12-15;;;;;;/h2*1-10,13-15H,11-12H2;2*1H3;2*1H;;/q4*-1;;;;. The molecule has 0 N–H and O–H groups in total. The molecule has 0 atom stereocenters. The van der Waals surface area contributed by atoms with E-state index in [9.17, 15) is 0 Å². The molecule has 2 fully saturated rings. The third-order valence-electron chi connectivity index (χ3n) is 9.80. The van der Waals surface area contributed by atoms with Gasteiger partial charge in [-0.1, -0.05) is 108 Å². The van der Waals surface area contributed by atoms with E-state index in [0.717, 1.165) is 11.8 Å². The normalized spacial score (nSPS) is 13.0. The average molecular weight is 785 g/mol. The van der Waals surface area contributed by atoms with Gasteiger partial charge < -0.3 is 14.9 Å². The molecular weight excluding hydrogens is 743 g/mol. The summed E-state index contributed by atoms with van der Waals surface area (Å²) in [7, 11) is 0. The maximum atomic E-state index is 3.06. The van der Waals surface area contributed by atoms with Crippen molar-refractivity contribution in [1.82, 2.24) is 0 Å². The van der Waals surface area contributed by atoms with E-state index in [-0.39, 0.29) is 39.7 Å². The van der Waals surface area contributed by atoms with E-state index in [4.69, 9.17) is 0 Å². The summed E-state index contributed by atoms with van der Waals surface area (Å²) in [5.74, 6) is 1.63. The van der Waals surface area contributed by atoms with E-state index in [1.807, 2.05) is 0 Å². The summed E-state index contributed by atoms with van der Waals surface area (Å²) in [5, 5.41) is 10.9. The second kappa shape index (κ2) is 17.3. The molecule has 0 bridgehead atoms. The third-order valence-corrected chi connectivity index (χ3v) is 9.80. The van der Waals surface area contributed by atoms with Crippen LogP contribution in [0.1, 0.15) is 48.6 Å². The first kappa shape index (κ1) is 39.5. The van der Waals surface area contributed by atoms with Crippen molar-refractivity contribution >= 4 is 74.8 Å². The summed E-state index contributed by atoms with van der Waals surface area (Å²) < 4.78 is 0. The van der Waals surface area contributed by atoms with Gasteiger partial charge >= 0.3 is 30.2 Å². The first-order chi connectivity index (χ1) is 22.8. The number of rotatable bonds is 4. The van der Waals surface area contributed by atoms with Crippen LogP contribution in [0, 0.1) is 14.9 Å². The van der Waals surface area contributed by atoms with Gasteiger partial charge in [0.05, 0.1) is 0 Å². The first-order valence-electron chi connectivity index (χ1n) is 16.4. The molecule has 2 radical (unpaired) electrons. The van der Waals surface area contributed by atoms with Crippen molar-refractivity contribution in [2.24, 2.45) is 0 Å². The van der Waals surface area contributed by atoms with Gasteiger partial charge in [0.1, 0.15) is 0 Å².